The predicted molar refractivity (Wildman–Crippen MR) is 94.8 cm³/mol. The lowest BCUT2D eigenvalue weighted by atomic mass is 10.2. The van der Waals surface area contributed by atoms with Gasteiger partial charge in [0.25, 0.3) is 5.91 Å². The molecule has 0 aliphatic carbocycles. The summed E-state index contributed by atoms with van der Waals surface area (Å²) in [5.74, 6) is -0.349. The Labute approximate surface area is 145 Å². The Morgan fingerprint density at radius 2 is 2.09 bits per heavy atom. The Morgan fingerprint density at radius 3 is 2.82 bits per heavy atom. The van der Waals surface area contributed by atoms with Gasteiger partial charge in [0.15, 0.2) is 0 Å². The van der Waals surface area contributed by atoms with Gasteiger partial charge in [-0.05, 0) is 60.7 Å². The smallest absolute Gasteiger partial charge is 0.252 e. The zero-order valence-electron chi connectivity index (χ0n) is 12.8. The monoisotopic (exact) mass is 415 g/mol. The van der Waals surface area contributed by atoms with Crippen molar-refractivity contribution in [1.82, 2.24) is 15.5 Å². The Balaban J connectivity index is 1.74. The van der Waals surface area contributed by atoms with Crippen molar-refractivity contribution in [3.05, 3.63) is 33.4 Å². The summed E-state index contributed by atoms with van der Waals surface area (Å²) in [7, 11) is 0. The van der Waals surface area contributed by atoms with Gasteiger partial charge in [0.1, 0.15) is 0 Å². The van der Waals surface area contributed by atoms with Gasteiger partial charge in [0, 0.05) is 16.2 Å². The summed E-state index contributed by atoms with van der Waals surface area (Å²) in [6, 6.07) is 7.75. The van der Waals surface area contributed by atoms with Crippen molar-refractivity contribution in [1.29, 1.82) is 0 Å². The lowest BCUT2D eigenvalue weighted by Crippen LogP contribution is -2.43. The number of likely N-dealkylation sites (N-methyl/N-ethyl adjacent to an activating group) is 1. The third-order valence-electron chi connectivity index (χ3n) is 3.97. The molecule has 120 valence electrons. The van der Waals surface area contributed by atoms with Crippen molar-refractivity contribution in [3.63, 3.8) is 0 Å². The van der Waals surface area contributed by atoms with Crippen LogP contribution in [0.15, 0.2) is 24.3 Å². The number of carbonyl (C=O) groups excluding carboxylic acids is 2. The number of nitrogens with one attached hydrogen (secondary N) is 2. The van der Waals surface area contributed by atoms with Crippen LogP contribution in [0.25, 0.3) is 0 Å². The van der Waals surface area contributed by atoms with Crippen molar-refractivity contribution in [2.45, 2.75) is 25.8 Å². The molecule has 1 atom stereocenters. The fourth-order valence-electron chi connectivity index (χ4n) is 2.74. The Morgan fingerprint density at radius 1 is 1.32 bits per heavy atom. The molecule has 2 amide bonds. The van der Waals surface area contributed by atoms with Gasteiger partial charge in [-0.1, -0.05) is 19.1 Å². The van der Waals surface area contributed by atoms with E-state index >= 15 is 0 Å². The van der Waals surface area contributed by atoms with Crippen molar-refractivity contribution >= 4 is 34.4 Å². The van der Waals surface area contributed by atoms with Crippen LogP contribution in [0.3, 0.4) is 0 Å². The molecule has 1 aromatic carbocycles. The second-order valence-electron chi connectivity index (χ2n) is 5.39. The van der Waals surface area contributed by atoms with Crippen LogP contribution in [-0.2, 0) is 4.79 Å². The summed E-state index contributed by atoms with van der Waals surface area (Å²) in [5, 5.41) is 5.58. The molecule has 2 N–H and O–H groups in total. The molecule has 0 saturated carbocycles. The van der Waals surface area contributed by atoms with Crippen molar-refractivity contribution in [3.8, 4) is 0 Å². The first kappa shape index (κ1) is 17.2. The van der Waals surface area contributed by atoms with Crippen LogP contribution < -0.4 is 10.6 Å². The van der Waals surface area contributed by atoms with Crippen LogP contribution in [0.5, 0.6) is 0 Å². The molecule has 0 spiro atoms. The fraction of sp³-hybridized carbons (Fsp3) is 0.500. The van der Waals surface area contributed by atoms with E-state index in [2.05, 4.69) is 45.0 Å². The summed E-state index contributed by atoms with van der Waals surface area (Å²) >= 11 is 2.11. The zero-order chi connectivity index (χ0) is 15.9. The van der Waals surface area contributed by atoms with E-state index < -0.39 is 0 Å². The van der Waals surface area contributed by atoms with Crippen LogP contribution >= 0.6 is 22.6 Å². The Kier molecular flexibility index (Phi) is 6.63. The van der Waals surface area contributed by atoms with Gasteiger partial charge in [-0.15, -0.1) is 0 Å². The van der Waals surface area contributed by atoms with Crippen LogP contribution in [0, 0.1) is 3.57 Å². The highest BCUT2D eigenvalue weighted by Crippen LogP contribution is 2.15. The number of rotatable bonds is 6. The molecule has 2 rings (SSSR count). The molecule has 1 saturated heterocycles. The highest BCUT2D eigenvalue weighted by Gasteiger charge is 2.23. The Bertz CT molecular complexity index is 536. The second-order valence-corrected chi connectivity index (χ2v) is 6.55. The number of hydrogen-bond donors (Lipinski definition) is 2. The fourth-order valence-corrected chi connectivity index (χ4v) is 3.37. The van der Waals surface area contributed by atoms with E-state index in [0.717, 1.165) is 23.1 Å². The summed E-state index contributed by atoms with van der Waals surface area (Å²) in [4.78, 5) is 26.3. The number of nitrogens with zero attached hydrogens (tertiary/aromatic N) is 1. The lowest BCUT2D eigenvalue weighted by molar-refractivity contribution is -0.120. The molecule has 1 aliphatic rings. The van der Waals surface area contributed by atoms with E-state index in [1.165, 1.54) is 6.42 Å². The quantitative estimate of drug-likeness (QED) is 0.695. The van der Waals surface area contributed by atoms with Crippen molar-refractivity contribution in [2.24, 2.45) is 0 Å². The van der Waals surface area contributed by atoms with Gasteiger partial charge in [-0.2, -0.15) is 0 Å². The highest BCUT2D eigenvalue weighted by molar-refractivity contribution is 14.1. The summed E-state index contributed by atoms with van der Waals surface area (Å²) in [5.41, 5.74) is 0.601. The van der Waals surface area contributed by atoms with Crippen LogP contribution in [0.1, 0.15) is 30.1 Å². The first-order valence-electron chi connectivity index (χ1n) is 7.65. The van der Waals surface area contributed by atoms with E-state index in [1.807, 2.05) is 18.2 Å². The molecule has 0 radical (unpaired) electrons. The normalized spacial score (nSPS) is 18.2. The van der Waals surface area contributed by atoms with Gasteiger partial charge >= 0.3 is 0 Å². The van der Waals surface area contributed by atoms with Crippen LogP contribution in [0.2, 0.25) is 0 Å². The van der Waals surface area contributed by atoms with E-state index in [1.54, 1.807) is 6.07 Å². The minimum Gasteiger partial charge on any atom is -0.353 e. The number of hydrogen-bond acceptors (Lipinski definition) is 3. The maximum Gasteiger partial charge on any atom is 0.252 e. The van der Waals surface area contributed by atoms with Gasteiger partial charge < -0.3 is 10.6 Å². The summed E-state index contributed by atoms with van der Waals surface area (Å²) in [6.45, 7) is 4.94. The number of benzene rings is 1. The predicted octanol–water partition coefficient (Wildman–Crippen LogP) is 1.62. The molecule has 22 heavy (non-hydrogen) atoms. The maximum atomic E-state index is 12.0. The van der Waals surface area contributed by atoms with Gasteiger partial charge in [0.2, 0.25) is 5.91 Å². The first-order chi connectivity index (χ1) is 10.6. The largest absolute Gasteiger partial charge is 0.353 e. The molecule has 0 aromatic heterocycles. The molecule has 0 bridgehead atoms. The standard InChI is InChI=1S/C16H22IN3O2/c1-2-20-9-5-6-12(20)10-18-15(21)11-19-16(22)13-7-3-4-8-14(13)17/h3-4,7-8,12H,2,5-6,9-11H2,1H3,(H,18,21)(H,19,22). The van der Waals surface area contributed by atoms with E-state index in [0.29, 0.717) is 18.2 Å². The van der Waals surface area contributed by atoms with E-state index in [4.69, 9.17) is 0 Å². The van der Waals surface area contributed by atoms with E-state index in [-0.39, 0.29) is 18.4 Å². The first-order valence-corrected chi connectivity index (χ1v) is 8.73. The summed E-state index contributed by atoms with van der Waals surface area (Å²) < 4.78 is 0.877. The van der Waals surface area contributed by atoms with E-state index in [9.17, 15) is 9.59 Å². The lowest BCUT2D eigenvalue weighted by Gasteiger charge is -2.22. The van der Waals surface area contributed by atoms with Crippen LogP contribution in [-0.4, -0.2) is 48.9 Å². The number of halogens is 1. The molecule has 1 fully saturated rings. The van der Waals surface area contributed by atoms with Crippen molar-refractivity contribution in [2.75, 3.05) is 26.2 Å². The van der Waals surface area contributed by atoms with Gasteiger partial charge in [0.05, 0.1) is 12.1 Å². The molecular formula is C16H22IN3O2. The molecule has 6 heteroatoms. The average Bonchev–Trinajstić information content (AvgIpc) is 2.98. The summed E-state index contributed by atoms with van der Waals surface area (Å²) in [6.07, 6.45) is 2.32. The minimum absolute atomic E-state index is 0.0165. The Hall–Kier alpha value is -1.15. The SMILES string of the molecule is CCN1CCCC1CNC(=O)CNC(=O)c1ccccc1I. The van der Waals surface area contributed by atoms with Gasteiger partial charge in [-0.25, -0.2) is 0 Å². The van der Waals surface area contributed by atoms with Gasteiger partial charge in [-0.3, -0.25) is 14.5 Å². The zero-order valence-corrected chi connectivity index (χ0v) is 14.9. The molecule has 1 unspecified atom stereocenters. The number of likely N-dealkylation sites (tertiary alicyclic amines) is 1. The molecular weight excluding hydrogens is 393 g/mol. The third kappa shape index (κ3) is 4.67. The average molecular weight is 415 g/mol. The number of carbonyl (C=O) groups is 2. The molecule has 1 aliphatic heterocycles. The molecule has 5 nitrogen and oxygen atoms in total. The number of amides is 2. The van der Waals surface area contributed by atoms with Crippen molar-refractivity contribution < 1.29 is 9.59 Å². The topological polar surface area (TPSA) is 61.4 Å². The highest BCUT2D eigenvalue weighted by atomic mass is 127. The maximum absolute atomic E-state index is 12.0. The third-order valence-corrected chi connectivity index (χ3v) is 4.91. The van der Waals surface area contributed by atoms with Crippen LogP contribution in [0.4, 0.5) is 0 Å². The molecule has 1 aromatic rings. The molecule has 1 heterocycles. The second kappa shape index (κ2) is 8.47. The minimum atomic E-state index is -0.212.